The first-order valence-electron chi connectivity index (χ1n) is 8.43. The lowest BCUT2D eigenvalue weighted by Crippen LogP contribution is -2.20. The zero-order chi connectivity index (χ0) is 14.2. The van der Waals surface area contributed by atoms with Gasteiger partial charge in [-0.05, 0) is 71.9 Å². The number of hydrogen-bond acceptors (Lipinski definition) is 2. The second kappa shape index (κ2) is 5.92. The summed E-state index contributed by atoms with van der Waals surface area (Å²) in [6.45, 7) is 1.83. The molecule has 1 aromatic rings. The molecule has 3 atom stereocenters. The smallest absolute Gasteiger partial charge is 0.137 e. The molecular weight excluding hydrogens is 326 g/mol. The van der Waals surface area contributed by atoms with Crippen LogP contribution in [-0.2, 0) is 6.54 Å². The average molecular weight is 350 g/mol. The highest BCUT2D eigenvalue weighted by Crippen LogP contribution is 2.48. The van der Waals surface area contributed by atoms with Gasteiger partial charge in [-0.3, -0.25) is 0 Å². The highest BCUT2D eigenvalue weighted by Gasteiger charge is 2.39. The maximum atomic E-state index is 6.27. The van der Waals surface area contributed by atoms with Crippen LogP contribution in [0.1, 0.15) is 44.1 Å². The number of para-hydroxylation sites is 1. The van der Waals surface area contributed by atoms with E-state index >= 15 is 0 Å². The molecule has 0 heterocycles. The largest absolute Gasteiger partial charge is 0.492 e. The van der Waals surface area contributed by atoms with E-state index in [1.807, 2.05) is 0 Å². The van der Waals surface area contributed by atoms with E-state index < -0.39 is 0 Å². The van der Waals surface area contributed by atoms with E-state index in [9.17, 15) is 0 Å². The van der Waals surface area contributed by atoms with Crippen LogP contribution in [0.5, 0.6) is 5.75 Å². The Balaban J connectivity index is 1.40. The van der Waals surface area contributed by atoms with Crippen molar-refractivity contribution in [2.24, 2.45) is 17.8 Å². The second-order valence-electron chi connectivity index (χ2n) is 7.13. The van der Waals surface area contributed by atoms with Crippen molar-refractivity contribution in [1.82, 2.24) is 5.32 Å². The first kappa shape index (κ1) is 14.1. The van der Waals surface area contributed by atoms with E-state index in [1.54, 1.807) is 0 Å². The number of ether oxygens (including phenoxy) is 1. The van der Waals surface area contributed by atoms with Gasteiger partial charge in [-0.15, -0.1) is 0 Å². The Morgan fingerprint density at radius 1 is 1.14 bits per heavy atom. The monoisotopic (exact) mass is 349 g/mol. The summed E-state index contributed by atoms with van der Waals surface area (Å²) in [6, 6.07) is 7.13. The van der Waals surface area contributed by atoms with Gasteiger partial charge in [0.15, 0.2) is 0 Å². The Kier molecular flexibility index (Phi) is 3.97. The molecular formula is C18H24BrNO. The average Bonchev–Trinajstić information content (AvgIpc) is 3.09. The minimum atomic E-state index is 0.738. The normalized spacial score (nSPS) is 30.8. The van der Waals surface area contributed by atoms with Crippen molar-refractivity contribution >= 4 is 15.9 Å². The molecule has 2 bridgehead atoms. The van der Waals surface area contributed by atoms with Gasteiger partial charge in [0.25, 0.3) is 0 Å². The molecule has 21 heavy (non-hydrogen) atoms. The van der Waals surface area contributed by atoms with Crippen LogP contribution in [0, 0.1) is 17.8 Å². The van der Waals surface area contributed by atoms with Gasteiger partial charge in [0.1, 0.15) is 5.75 Å². The van der Waals surface area contributed by atoms with E-state index in [0.29, 0.717) is 0 Å². The number of nitrogens with one attached hydrogen (secondary N) is 1. The lowest BCUT2D eigenvalue weighted by Gasteiger charge is -2.23. The summed E-state index contributed by atoms with van der Waals surface area (Å²) < 4.78 is 7.37. The molecule has 1 aromatic carbocycles. The molecule has 2 nitrogen and oxygen atoms in total. The molecule has 0 aromatic heterocycles. The van der Waals surface area contributed by atoms with E-state index in [4.69, 9.17) is 4.74 Å². The predicted octanol–water partition coefficient (Wildman–Crippen LogP) is 4.52. The van der Waals surface area contributed by atoms with Crippen molar-refractivity contribution in [3.63, 3.8) is 0 Å². The number of halogens is 1. The van der Waals surface area contributed by atoms with E-state index in [2.05, 4.69) is 39.4 Å². The molecule has 0 amide bonds. The third kappa shape index (κ3) is 3.14. The van der Waals surface area contributed by atoms with Crippen molar-refractivity contribution in [3.8, 4) is 5.75 Å². The Morgan fingerprint density at radius 3 is 2.76 bits per heavy atom. The molecule has 1 N–H and O–H groups in total. The molecule has 3 heteroatoms. The molecule has 0 spiro atoms. The summed E-state index contributed by atoms with van der Waals surface area (Å²) in [5.74, 6) is 3.79. The van der Waals surface area contributed by atoms with Crippen molar-refractivity contribution < 1.29 is 4.74 Å². The number of hydrogen-bond donors (Lipinski definition) is 1. The molecule has 3 unspecified atom stereocenters. The van der Waals surface area contributed by atoms with Crippen LogP contribution in [0.2, 0.25) is 0 Å². The summed E-state index contributed by atoms with van der Waals surface area (Å²) in [4.78, 5) is 0. The SMILES string of the molecule is Brc1cccc(CNC2CC2)c1OCC1CC2CCC1C2. The zero-order valence-electron chi connectivity index (χ0n) is 12.5. The summed E-state index contributed by atoms with van der Waals surface area (Å²) in [5, 5.41) is 3.59. The van der Waals surface area contributed by atoms with Gasteiger partial charge >= 0.3 is 0 Å². The fraction of sp³-hybridized carbons (Fsp3) is 0.667. The molecule has 0 saturated heterocycles. The van der Waals surface area contributed by atoms with E-state index in [-0.39, 0.29) is 0 Å². The van der Waals surface area contributed by atoms with Crippen LogP contribution in [0.25, 0.3) is 0 Å². The first-order valence-corrected chi connectivity index (χ1v) is 9.22. The lowest BCUT2D eigenvalue weighted by atomic mass is 9.89. The van der Waals surface area contributed by atoms with Crippen LogP contribution in [0.4, 0.5) is 0 Å². The van der Waals surface area contributed by atoms with Crippen molar-refractivity contribution in [2.75, 3.05) is 6.61 Å². The fourth-order valence-electron chi connectivity index (χ4n) is 4.17. The molecule has 114 valence electrons. The highest BCUT2D eigenvalue weighted by atomic mass is 79.9. The van der Waals surface area contributed by atoms with Gasteiger partial charge in [0, 0.05) is 18.2 Å². The van der Waals surface area contributed by atoms with Crippen molar-refractivity contribution in [3.05, 3.63) is 28.2 Å². The molecule has 0 aliphatic heterocycles. The highest BCUT2D eigenvalue weighted by molar-refractivity contribution is 9.10. The summed E-state index contributed by atoms with van der Waals surface area (Å²) in [5.41, 5.74) is 1.29. The Morgan fingerprint density at radius 2 is 2.05 bits per heavy atom. The quantitative estimate of drug-likeness (QED) is 0.815. The van der Waals surface area contributed by atoms with Gasteiger partial charge in [-0.1, -0.05) is 18.6 Å². The Hall–Kier alpha value is -0.540. The van der Waals surface area contributed by atoms with Crippen LogP contribution >= 0.6 is 15.9 Å². The standard InChI is InChI=1S/C18H24BrNO/c19-17-3-1-2-14(10-20-16-6-7-16)18(17)21-11-15-9-12-4-5-13(15)8-12/h1-3,12-13,15-16,20H,4-11H2. The van der Waals surface area contributed by atoms with Gasteiger partial charge in [0.2, 0.25) is 0 Å². The summed E-state index contributed by atoms with van der Waals surface area (Å²) in [6.07, 6.45) is 8.41. The number of rotatable bonds is 6. The number of fused-ring (bicyclic) bond motifs is 2. The van der Waals surface area contributed by atoms with E-state index in [0.717, 1.165) is 47.2 Å². The van der Waals surface area contributed by atoms with Crippen LogP contribution in [0.15, 0.2) is 22.7 Å². The maximum Gasteiger partial charge on any atom is 0.137 e. The van der Waals surface area contributed by atoms with Crippen LogP contribution in [0.3, 0.4) is 0 Å². The maximum absolute atomic E-state index is 6.27. The molecule has 4 rings (SSSR count). The Labute approximate surface area is 135 Å². The third-order valence-corrected chi connectivity index (χ3v) is 6.16. The van der Waals surface area contributed by atoms with Gasteiger partial charge in [-0.25, -0.2) is 0 Å². The van der Waals surface area contributed by atoms with Gasteiger partial charge in [0.05, 0.1) is 11.1 Å². The minimum Gasteiger partial charge on any atom is -0.492 e. The summed E-state index contributed by atoms with van der Waals surface area (Å²) >= 11 is 3.67. The van der Waals surface area contributed by atoms with Crippen molar-refractivity contribution in [2.45, 2.75) is 51.1 Å². The number of benzene rings is 1. The van der Waals surface area contributed by atoms with Crippen LogP contribution in [-0.4, -0.2) is 12.6 Å². The van der Waals surface area contributed by atoms with Crippen LogP contribution < -0.4 is 10.1 Å². The predicted molar refractivity (Wildman–Crippen MR) is 88.4 cm³/mol. The lowest BCUT2D eigenvalue weighted by molar-refractivity contribution is 0.193. The van der Waals surface area contributed by atoms with Gasteiger partial charge < -0.3 is 10.1 Å². The molecule has 3 aliphatic carbocycles. The fourth-order valence-corrected chi connectivity index (χ4v) is 4.69. The molecule has 3 saturated carbocycles. The van der Waals surface area contributed by atoms with Crippen molar-refractivity contribution in [1.29, 1.82) is 0 Å². The van der Waals surface area contributed by atoms with E-state index in [1.165, 1.54) is 44.1 Å². The minimum absolute atomic E-state index is 0.738. The molecule has 3 fully saturated rings. The second-order valence-corrected chi connectivity index (χ2v) is 7.98. The topological polar surface area (TPSA) is 21.3 Å². The van der Waals surface area contributed by atoms with Gasteiger partial charge in [-0.2, -0.15) is 0 Å². The molecule has 0 radical (unpaired) electrons. The Bertz CT molecular complexity index is 514. The molecule has 3 aliphatic rings. The first-order chi connectivity index (χ1) is 10.3. The summed E-state index contributed by atoms with van der Waals surface area (Å²) in [7, 11) is 0. The zero-order valence-corrected chi connectivity index (χ0v) is 14.1. The third-order valence-electron chi connectivity index (χ3n) is 5.53.